The van der Waals surface area contributed by atoms with E-state index in [1.165, 1.54) is 12.1 Å². The van der Waals surface area contributed by atoms with Crippen LogP contribution in [0.2, 0.25) is 10.0 Å². The molecule has 0 aliphatic heterocycles. The molecule has 0 fully saturated rings. The average Bonchev–Trinajstić information content (AvgIpc) is 2.33. The summed E-state index contributed by atoms with van der Waals surface area (Å²) in [5.74, 6) is -3.10. The van der Waals surface area contributed by atoms with Crippen molar-refractivity contribution < 1.29 is 18.3 Å². The fourth-order valence-corrected chi connectivity index (χ4v) is 2.19. The summed E-state index contributed by atoms with van der Waals surface area (Å²) >= 11 is 11.5. The summed E-state index contributed by atoms with van der Waals surface area (Å²) in [4.78, 5) is 0. The van der Waals surface area contributed by atoms with Crippen molar-refractivity contribution in [2.45, 2.75) is 6.10 Å². The molecule has 1 nitrogen and oxygen atoms in total. The standard InChI is InChI=1S/C13H7Cl2F3O/c14-7-2-1-3-9(16)12(7)13(19)6-4-10(17)11(18)5-8(6)15/h1-5,13,19H. The minimum atomic E-state index is -1.59. The highest BCUT2D eigenvalue weighted by Gasteiger charge is 2.22. The molecule has 0 aliphatic rings. The zero-order valence-corrected chi connectivity index (χ0v) is 10.8. The third kappa shape index (κ3) is 2.71. The summed E-state index contributed by atoms with van der Waals surface area (Å²) in [5, 5.41) is 9.80. The van der Waals surface area contributed by atoms with Gasteiger partial charge in [0.25, 0.3) is 0 Å². The van der Waals surface area contributed by atoms with E-state index < -0.39 is 23.6 Å². The van der Waals surface area contributed by atoms with Crippen LogP contribution in [-0.4, -0.2) is 5.11 Å². The molecule has 0 saturated heterocycles. The maximum Gasteiger partial charge on any atom is 0.160 e. The van der Waals surface area contributed by atoms with Crippen LogP contribution in [-0.2, 0) is 0 Å². The molecule has 0 bridgehead atoms. The first-order valence-electron chi connectivity index (χ1n) is 5.18. The van der Waals surface area contributed by atoms with Crippen LogP contribution in [0.4, 0.5) is 13.2 Å². The smallest absolute Gasteiger partial charge is 0.160 e. The van der Waals surface area contributed by atoms with Gasteiger partial charge in [0.05, 0.1) is 0 Å². The van der Waals surface area contributed by atoms with Crippen LogP contribution in [0.1, 0.15) is 17.2 Å². The molecule has 2 aromatic rings. The van der Waals surface area contributed by atoms with Crippen molar-refractivity contribution in [3.63, 3.8) is 0 Å². The van der Waals surface area contributed by atoms with Crippen LogP contribution in [0, 0.1) is 17.5 Å². The quantitative estimate of drug-likeness (QED) is 0.810. The third-order valence-corrected chi connectivity index (χ3v) is 3.26. The lowest BCUT2D eigenvalue weighted by atomic mass is 10.0. The summed E-state index contributed by atoms with van der Waals surface area (Å²) in [7, 11) is 0. The largest absolute Gasteiger partial charge is 0.383 e. The van der Waals surface area contributed by atoms with Crippen molar-refractivity contribution >= 4 is 23.2 Å². The molecule has 100 valence electrons. The highest BCUT2D eigenvalue weighted by Crippen LogP contribution is 2.34. The van der Waals surface area contributed by atoms with E-state index in [0.717, 1.165) is 6.07 Å². The minimum Gasteiger partial charge on any atom is -0.383 e. The average molecular weight is 307 g/mol. The highest BCUT2D eigenvalue weighted by atomic mass is 35.5. The van der Waals surface area contributed by atoms with Crippen LogP contribution in [0.25, 0.3) is 0 Å². The van der Waals surface area contributed by atoms with E-state index in [4.69, 9.17) is 23.2 Å². The number of aliphatic hydroxyl groups excluding tert-OH is 1. The molecule has 0 heterocycles. The van der Waals surface area contributed by atoms with Gasteiger partial charge >= 0.3 is 0 Å². The summed E-state index contributed by atoms with van der Waals surface area (Å²) < 4.78 is 39.8. The van der Waals surface area contributed by atoms with E-state index in [0.29, 0.717) is 12.1 Å². The number of halogens is 5. The summed E-state index contributed by atoms with van der Waals surface area (Å²) in [6.07, 6.45) is -1.59. The molecule has 2 aromatic carbocycles. The lowest BCUT2D eigenvalue weighted by Gasteiger charge is -2.15. The molecule has 1 N–H and O–H groups in total. The van der Waals surface area contributed by atoms with Crippen molar-refractivity contribution in [2.75, 3.05) is 0 Å². The molecule has 0 amide bonds. The lowest BCUT2D eigenvalue weighted by Crippen LogP contribution is -2.05. The fraction of sp³-hybridized carbons (Fsp3) is 0.0769. The van der Waals surface area contributed by atoms with Crippen LogP contribution >= 0.6 is 23.2 Å². The van der Waals surface area contributed by atoms with Crippen LogP contribution < -0.4 is 0 Å². The Hall–Kier alpha value is -1.23. The Morgan fingerprint density at radius 3 is 2.16 bits per heavy atom. The van der Waals surface area contributed by atoms with Gasteiger partial charge in [0.2, 0.25) is 0 Å². The van der Waals surface area contributed by atoms with Gasteiger partial charge in [-0.3, -0.25) is 0 Å². The summed E-state index contributed by atoms with van der Waals surface area (Å²) in [6.45, 7) is 0. The number of hydrogen-bond acceptors (Lipinski definition) is 1. The molecule has 19 heavy (non-hydrogen) atoms. The second-order valence-electron chi connectivity index (χ2n) is 3.83. The van der Waals surface area contributed by atoms with Crippen molar-refractivity contribution in [1.82, 2.24) is 0 Å². The topological polar surface area (TPSA) is 20.2 Å². The van der Waals surface area contributed by atoms with Crippen LogP contribution in [0.15, 0.2) is 30.3 Å². The third-order valence-electron chi connectivity index (χ3n) is 2.61. The maximum absolute atomic E-state index is 13.6. The molecule has 0 spiro atoms. The Morgan fingerprint density at radius 2 is 1.53 bits per heavy atom. The molecule has 1 unspecified atom stereocenters. The first-order valence-corrected chi connectivity index (χ1v) is 5.94. The Morgan fingerprint density at radius 1 is 0.895 bits per heavy atom. The lowest BCUT2D eigenvalue weighted by molar-refractivity contribution is 0.214. The number of aliphatic hydroxyl groups is 1. The van der Waals surface area contributed by atoms with Crippen LogP contribution in [0.3, 0.4) is 0 Å². The van der Waals surface area contributed by atoms with Gasteiger partial charge in [0, 0.05) is 21.2 Å². The molecule has 6 heteroatoms. The molecular weight excluding hydrogens is 300 g/mol. The number of rotatable bonds is 2. The predicted octanol–water partition coefficient (Wildman–Crippen LogP) is 4.49. The van der Waals surface area contributed by atoms with Gasteiger partial charge < -0.3 is 5.11 Å². The zero-order valence-electron chi connectivity index (χ0n) is 9.30. The molecule has 1 atom stereocenters. The SMILES string of the molecule is OC(c1cc(F)c(F)cc1Cl)c1c(F)cccc1Cl. The number of benzene rings is 2. The predicted molar refractivity (Wildman–Crippen MR) is 66.8 cm³/mol. The molecule has 0 saturated carbocycles. The molecule has 0 aromatic heterocycles. The molecule has 2 rings (SSSR count). The minimum absolute atomic E-state index is 0.0340. The summed E-state index contributed by atoms with van der Waals surface area (Å²) in [6, 6.07) is 5.26. The monoisotopic (exact) mass is 306 g/mol. The summed E-state index contributed by atoms with van der Waals surface area (Å²) in [5.41, 5.74) is -0.398. The second kappa shape index (κ2) is 5.41. The van der Waals surface area contributed by atoms with E-state index in [2.05, 4.69) is 0 Å². The van der Waals surface area contributed by atoms with Gasteiger partial charge in [-0.25, -0.2) is 13.2 Å². The van der Waals surface area contributed by atoms with Crippen LogP contribution in [0.5, 0.6) is 0 Å². The van der Waals surface area contributed by atoms with Gasteiger partial charge in [0.1, 0.15) is 11.9 Å². The van der Waals surface area contributed by atoms with E-state index in [1.54, 1.807) is 0 Å². The van der Waals surface area contributed by atoms with Crippen molar-refractivity contribution in [3.8, 4) is 0 Å². The maximum atomic E-state index is 13.6. The van der Waals surface area contributed by atoms with Gasteiger partial charge in [-0.15, -0.1) is 0 Å². The Labute approximate surface area is 117 Å². The van der Waals surface area contributed by atoms with Crippen molar-refractivity contribution in [2.24, 2.45) is 0 Å². The molecule has 0 aliphatic carbocycles. The van der Waals surface area contributed by atoms with Crippen molar-refractivity contribution in [1.29, 1.82) is 0 Å². The Kier molecular flexibility index (Phi) is 4.04. The van der Waals surface area contributed by atoms with Crippen molar-refractivity contribution in [3.05, 3.63) is 69.0 Å². The van der Waals surface area contributed by atoms with Gasteiger partial charge in [-0.1, -0.05) is 29.3 Å². The first-order chi connectivity index (χ1) is 8.91. The van der Waals surface area contributed by atoms with E-state index in [-0.39, 0.29) is 21.2 Å². The van der Waals surface area contributed by atoms with Gasteiger partial charge in [0.15, 0.2) is 11.6 Å². The zero-order chi connectivity index (χ0) is 14.2. The van der Waals surface area contributed by atoms with E-state index >= 15 is 0 Å². The first kappa shape index (κ1) is 14.2. The number of hydrogen-bond donors (Lipinski definition) is 1. The Bertz CT molecular complexity index is 611. The molecular formula is C13H7Cl2F3O. The fourth-order valence-electron chi connectivity index (χ4n) is 1.67. The normalized spacial score (nSPS) is 12.5. The Balaban J connectivity index is 2.56. The van der Waals surface area contributed by atoms with E-state index in [1.807, 2.05) is 0 Å². The molecule has 0 radical (unpaired) electrons. The second-order valence-corrected chi connectivity index (χ2v) is 4.64. The van der Waals surface area contributed by atoms with Gasteiger partial charge in [-0.05, 0) is 24.3 Å². The van der Waals surface area contributed by atoms with E-state index in [9.17, 15) is 18.3 Å². The van der Waals surface area contributed by atoms with Gasteiger partial charge in [-0.2, -0.15) is 0 Å². The highest BCUT2D eigenvalue weighted by molar-refractivity contribution is 6.32.